The third kappa shape index (κ3) is 4.18. The Morgan fingerprint density at radius 2 is 1.75 bits per heavy atom. The van der Waals surface area contributed by atoms with Gasteiger partial charge in [-0.15, -0.1) is 0 Å². The lowest BCUT2D eigenvalue weighted by atomic mass is 10.1. The molecule has 1 fully saturated rings. The first-order valence-corrected chi connectivity index (χ1v) is 9.43. The maximum Gasteiger partial charge on any atom is 0.140 e. The summed E-state index contributed by atoms with van der Waals surface area (Å²) < 4.78 is 22.5. The van der Waals surface area contributed by atoms with Crippen molar-refractivity contribution in [2.24, 2.45) is 0 Å². The van der Waals surface area contributed by atoms with E-state index >= 15 is 0 Å². The summed E-state index contributed by atoms with van der Waals surface area (Å²) in [5, 5.41) is 9.45. The number of morpholine rings is 1. The van der Waals surface area contributed by atoms with Crippen LogP contribution in [0.3, 0.4) is 0 Å². The largest absolute Gasteiger partial charge is 0.497 e. The minimum atomic E-state index is 0.421. The van der Waals surface area contributed by atoms with Crippen LogP contribution in [0, 0.1) is 5.41 Å². The van der Waals surface area contributed by atoms with Crippen LogP contribution in [0.1, 0.15) is 0 Å². The molecule has 0 atom stereocenters. The molecule has 28 heavy (non-hydrogen) atoms. The number of hydrogen-bond acceptors (Lipinski definition) is 6. The zero-order valence-corrected chi connectivity index (χ0v) is 15.9. The summed E-state index contributed by atoms with van der Waals surface area (Å²) in [5.41, 5.74) is 1.53. The fourth-order valence-corrected chi connectivity index (χ4v) is 3.27. The molecule has 0 unspecified atom stereocenters. The fraction of sp³-hybridized carbons (Fsp3) is 0.318. The highest BCUT2D eigenvalue weighted by Crippen LogP contribution is 2.26. The van der Waals surface area contributed by atoms with E-state index in [0.717, 1.165) is 49.5 Å². The summed E-state index contributed by atoms with van der Waals surface area (Å²) >= 11 is 0. The van der Waals surface area contributed by atoms with Crippen molar-refractivity contribution in [2.75, 3.05) is 46.6 Å². The van der Waals surface area contributed by atoms with Gasteiger partial charge < -0.3 is 18.6 Å². The van der Waals surface area contributed by atoms with Crippen molar-refractivity contribution >= 4 is 11.0 Å². The second kappa shape index (κ2) is 8.46. The number of methoxy groups -OCH3 is 1. The number of nitrogens with one attached hydrogen (secondary N) is 1. The Morgan fingerprint density at radius 1 is 1.00 bits per heavy atom. The summed E-state index contributed by atoms with van der Waals surface area (Å²) in [7, 11) is 1.62. The number of hydrogen-bond donors (Lipinski definition) is 1. The van der Waals surface area contributed by atoms with Crippen LogP contribution in [0.25, 0.3) is 22.3 Å². The van der Waals surface area contributed by atoms with E-state index in [1.165, 1.54) is 0 Å². The molecule has 0 radical (unpaired) electrons. The molecule has 6 heteroatoms. The molecule has 1 aliphatic heterocycles. The van der Waals surface area contributed by atoms with E-state index in [1.54, 1.807) is 19.2 Å². The minimum absolute atomic E-state index is 0.421. The van der Waals surface area contributed by atoms with Gasteiger partial charge in [-0.2, -0.15) is 0 Å². The molecule has 0 aliphatic carbocycles. The van der Waals surface area contributed by atoms with E-state index in [1.807, 2.05) is 36.4 Å². The van der Waals surface area contributed by atoms with E-state index < -0.39 is 0 Å². The predicted octanol–water partition coefficient (Wildman–Crippen LogP) is 3.30. The van der Waals surface area contributed by atoms with Crippen LogP contribution < -0.4 is 14.8 Å². The van der Waals surface area contributed by atoms with Gasteiger partial charge in [0.25, 0.3) is 0 Å². The van der Waals surface area contributed by atoms with Crippen LogP contribution in [-0.2, 0) is 4.74 Å². The van der Waals surface area contributed by atoms with Crippen molar-refractivity contribution in [1.82, 2.24) is 4.90 Å². The van der Waals surface area contributed by atoms with Crippen molar-refractivity contribution < 1.29 is 18.6 Å². The Hall–Kier alpha value is -2.83. The molecule has 2 aromatic carbocycles. The molecular weight excluding hydrogens is 356 g/mol. The smallest absolute Gasteiger partial charge is 0.140 e. The van der Waals surface area contributed by atoms with Gasteiger partial charge in [0.1, 0.15) is 29.4 Å². The lowest BCUT2D eigenvalue weighted by molar-refractivity contribution is 0.0322. The van der Waals surface area contributed by atoms with Gasteiger partial charge in [0, 0.05) is 42.7 Å². The standard InChI is InChI=1S/C22H24N2O4/c1-25-18-6-7-19-20(23)15-21(28-22(19)14-18)16-2-4-17(5-3-16)27-13-10-24-8-11-26-12-9-24/h2-7,14-15,23H,8-13H2,1H3. The molecule has 6 nitrogen and oxygen atoms in total. The maximum atomic E-state index is 8.27. The molecule has 0 amide bonds. The monoisotopic (exact) mass is 380 g/mol. The van der Waals surface area contributed by atoms with Crippen LogP contribution in [-0.4, -0.2) is 51.5 Å². The predicted molar refractivity (Wildman–Crippen MR) is 107 cm³/mol. The number of rotatable bonds is 6. The highest BCUT2D eigenvalue weighted by atomic mass is 16.5. The van der Waals surface area contributed by atoms with Gasteiger partial charge >= 0.3 is 0 Å². The van der Waals surface area contributed by atoms with E-state index in [9.17, 15) is 0 Å². The molecule has 4 rings (SSSR count). The lowest BCUT2D eigenvalue weighted by Crippen LogP contribution is -2.38. The van der Waals surface area contributed by atoms with Crippen LogP contribution in [0.2, 0.25) is 0 Å². The van der Waals surface area contributed by atoms with E-state index in [-0.39, 0.29) is 0 Å². The van der Waals surface area contributed by atoms with Gasteiger partial charge in [-0.05, 0) is 36.4 Å². The zero-order chi connectivity index (χ0) is 19.3. The van der Waals surface area contributed by atoms with Crippen LogP contribution in [0.4, 0.5) is 0 Å². The average Bonchev–Trinajstić information content (AvgIpc) is 2.74. The van der Waals surface area contributed by atoms with Crippen LogP contribution in [0.15, 0.2) is 52.9 Å². The third-order valence-corrected chi connectivity index (χ3v) is 4.89. The molecule has 1 N–H and O–H groups in total. The highest BCUT2D eigenvalue weighted by molar-refractivity contribution is 5.79. The number of fused-ring (bicyclic) bond motifs is 1. The summed E-state index contributed by atoms with van der Waals surface area (Å²) in [6.07, 6.45) is 0. The SMILES string of the molecule is COc1ccc2c(=N)cc(-c3ccc(OCCN4CCOCC4)cc3)oc2c1. The number of benzene rings is 2. The molecule has 2 heterocycles. The topological polar surface area (TPSA) is 67.9 Å². The van der Waals surface area contributed by atoms with Crippen molar-refractivity contribution in [3.63, 3.8) is 0 Å². The van der Waals surface area contributed by atoms with Crippen LogP contribution >= 0.6 is 0 Å². The Morgan fingerprint density at radius 3 is 2.50 bits per heavy atom. The number of ether oxygens (including phenoxy) is 3. The second-order valence-corrected chi connectivity index (χ2v) is 6.71. The van der Waals surface area contributed by atoms with Gasteiger partial charge in [-0.3, -0.25) is 10.3 Å². The van der Waals surface area contributed by atoms with E-state index in [2.05, 4.69) is 4.90 Å². The van der Waals surface area contributed by atoms with Crippen molar-refractivity contribution in [3.05, 3.63) is 53.9 Å². The third-order valence-electron chi connectivity index (χ3n) is 4.89. The normalized spacial score (nSPS) is 14.9. The quantitative estimate of drug-likeness (QED) is 0.711. The molecule has 1 aliphatic rings. The molecule has 3 aromatic rings. The van der Waals surface area contributed by atoms with Crippen molar-refractivity contribution in [2.45, 2.75) is 0 Å². The van der Waals surface area contributed by atoms with Crippen molar-refractivity contribution in [1.29, 1.82) is 5.41 Å². The Labute approximate surface area is 163 Å². The highest BCUT2D eigenvalue weighted by Gasteiger charge is 2.10. The van der Waals surface area contributed by atoms with Gasteiger partial charge in [-0.25, -0.2) is 0 Å². The fourth-order valence-electron chi connectivity index (χ4n) is 3.27. The Kier molecular flexibility index (Phi) is 5.60. The molecule has 1 aromatic heterocycles. The Balaban J connectivity index is 1.46. The molecule has 146 valence electrons. The summed E-state index contributed by atoms with van der Waals surface area (Å²) in [5.74, 6) is 2.17. The van der Waals surface area contributed by atoms with Crippen molar-refractivity contribution in [3.8, 4) is 22.8 Å². The summed E-state index contributed by atoms with van der Waals surface area (Å²) in [6, 6.07) is 15.0. The van der Waals surface area contributed by atoms with Gasteiger partial charge in [-0.1, -0.05) is 0 Å². The minimum Gasteiger partial charge on any atom is -0.497 e. The van der Waals surface area contributed by atoms with Gasteiger partial charge in [0.2, 0.25) is 0 Å². The average molecular weight is 380 g/mol. The molecule has 1 saturated heterocycles. The number of nitrogens with zero attached hydrogens (tertiary/aromatic N) is 1. The van der Waals surface area contributed by atoms with Gasteiger partial charge in [0.05, 0.1) is 25.7 Å². The van der Waals surface area contributed by atoms with E-state index in [0.29, 0.717) is 29.1 Å². The first kappa shape index (κ1) is 18.5. The first-order chi connectivity index (χ1) is 13.7. The zero-order valence-electron chi connectivity index (χ0n) is 15.9. The summed E-state index contributed by atoms with van der Waals surface area (Å²) in [6.45, 7) is 5.07. The first-order valence-electron chi connectivity index (χ1n) is 9.43. The molecule has 0 saturated carbocycles. The van der Waals surface area contributed by atoms with Gasteiger partial charge in [0.15, 0.2) is 0 Å². The molecule has 0 bridgehead atoms. The van der Waals surface area contributed by atoms with E-state index in [4.69, 9.17) is 24.0 Å². The Bertz CT molecular complexity index is 992. The van der Waals surface area contributed by atoms with Crippen LogP contribution in [0.5, 0.6) is 11.5 Å². The summed E-state index contributed by atoms with van der Waals surface area (Å²) in [4.78, 5) is 2.34. The second-order valence-electron chi connectivity index (χ2n) is 6.71. The molecular formula is C22H24N2O4. The lowest BCUT2D eigenvalue weighted by Gasteiger charge is -2.26. The molecule has 0 spiro atoms. The maximum absolute atomic E-state index is 8.27.